The molecule has 2 rings (SSSR count). The summed E-state index contributed by atoms with van der Waals surface area (Å²) in [6.45, 7) is 6.69. The smallest absolute Gasteiger partial charge is 0.0455 e. The zero-order chi connectivity index (χ0) is 13.1. The minimum absolute atomic E-state index is 0.629. The van der Waals surface area contributed by atoms with Crippen molar-refractivity contribution >= 4 is 17.3 Å². The molecule has 0 bridgehead atoms. The van der Waals surface area contributed by atoms with Crippen LogP contribution in [0.4, 0.5) is 5.69 Å². The molecule has 1 unspecified atom stereocenters. The molecular weight excluding hydrogens is 242 g/mol. The van der Waals surface area contributed by atoms with Crippen molar-refractivity contribution in [1.82, 2.24) is 0 Å². The van der Waals surface area contributed by atoms with E-state index in [1.807, 2.05) is 12.1 Å². The maximum atomic E-state index is 6.18. The number of halogens is 1. The Hall–Kier alpha value is -0.690. The second kappa shape index (κ2) is 5.97. The van der Waals surface area contributed by atoms with Crippen LogP contribution in [0, 0.1) is 18.8 Å². The van der Waals surface area contributed by atoms with Gasteiger partial charge in [0.15, 0.2) is 0 Å². The first-order chi connectivity index (χ1) is 8.58. The monoisotopic (exact) mass is 265 g/mol. The lowest BCUT2D eigenvalue weighted by Crippen LogP contribution is -2.23. The minimum Gasteiger partial charge on any atom is -0.382 e. The molecule has 0 heterocycles. The largest absolute Gasteiger partial charge is 0.382 e. The first-order valence-electron chi connectivity index (χ1n) is 7.09. The van der Waals surface area contributed by atoms with Gasteiger partial charge in [0.25, 0.3) is 0 Å². The topological polar surface area (TPSA) is 12.0 Å². The summed E-state index contributed by atoms with van der Waals surface area (Å²) in [5.74, 6) is 1.66. The summed E-state index contributed by atoms with van der Waals surface area (Å²) in [6.07, 6.45) is 5.34. The summed E-state index contributed by atoms with van der Waals surface area (Å²) in [5.41, 5.74) is 2.39. The number of anilines is 1. The molecule has 1 nitrogen and oxygen atoms in total. The lowest BCUT2D eigenvalue weighted by atomic mass is 9.99. The van der Waals surface area contributed by atoms with Crippen LogP contribution < -0.4 is 5.32 Å². The van der Waals surface area contributed by atoms with Gasteiger partial charge in [0, 0.05) is 16.8 Å². The van der Waals surface area contributed by atoms with Crippen molar-refractivity contribution in [2.24, 2.45) is 11.8 Å². The Morgan fingerprint density at radius 3 is 2.61 bits per heavy atom. The molecule has 0 spiro atoms. The molecule has 1 saturated carbocycles. The van der Waals surface area contributed by atoms with E-state index < -0.39 is 0 Å². The van der Waals surface area contributed by atoms with Crippen LogP contribution in [0.3, 0.4) is 0 Å². The van der Waals surface area contributed by atoms with E-state index in [4.69, 9.17) is 11.6 Å². The van der Waals surface area contributed by atoms with Crippen molar-refractivity contribution in [2.45, 2.75) is 52.5 Å². The van der Waals surface area contributed by atoms with Gasteiger partial charge in [-0.05, 0) is 62.1 Å². The second-order valence-electron chi connectivity index (χ2n) is 5.97. The Balaban J connectivity index is 2.01. The van der Waals surface area contributed by atoms with Gasteiger partial charge in [0.05, 0.1) is 0 Å². The summed E-state index contributed by atoms with van der Waals surface area (Å²) in [6, 6.07) is 6.77. The first-order valence-corrected chi connectivity index (χ1v) is 7.47. The maximum Gasteiger partial charge on any atom is 0.0455 e. The van der Waals surface area contributed by atoms with E-state index in [0.717, 1.165) is 16.9 Å². The van der Waals surface area contributed by atoms with Crippen LogP contribution in [-0.4, -0.2) is 6.04 Å². The standard InChI is InChI=1S/C16H24ClN/c1-11(2)7-10-16(13-8-9-13)18-15-6-4-5-14(17)12(15)3/h4-6,11,13,16,18H,7-10H2,1-3H3. The van der Waals surface area contributed by atoms with Crippen molar-refractivity contribution in [2.75, 3.05) is 5.32 Å². The average Bonchev–Trinajstić information content (AvgIpc) is 3.13. The maximum absolute atomic E-state index is 6.18. The van der Waals surface area contributed by atoms with E-state index in [1.165, 1.54) is 36.9 Å². The molecule has 0 radical (unpaired) electrons. The summed E-state index contributed by atoms with van der Waals surface area (Å²) < 4.78 is 0. The Labute approximate surface area is 116 Å². The van der Waals surface area contributed by atoms with Gasteiger partial charge >= 0.3 is 0 Å². The van der Waals surface area contributed by atoms with Crippen LogP contribution in [-0.2, 0) is 0 Å². The fraction of sp³-hybridized carbons (Fsp3) is 0.625. The third-order valence-electron chi connectivity index (χ3n) is 3.85. The van der Waals surface area contributed by atoms with E-state index in [1.54, 1.807) is 0 Å². The minimum atomic E-state index is 0.629. The molecule has 2 heteroatoms. The predicted molar refractivity (Wildman–Crippen MR) is 80.4 cm³/mol. The molecule has 1 atom stereocenters. The quantitative estimate of drug-likeness (QED) is 0.738. The molecule has 1 N–H and O–H groups in total. The number of rotatable bonds is 6. The molecule has 1 aromatic rings. The van der Waals surface area contributed by atoms with Crippen LogP contribution in [0.2, 0.25) is 5.02 Å². The Morgan fingerprint density at radius 2 is 2.00 bits per heavy atom. The Bertz CT molecular complexity index is 396. The molecule has 0 saturated heterocycles. The zero-order valence-corrected chi connectivity index (χ0v) is 12.4. The molecule has 1 aromatic carbocycles. The fourth-order valence-electron chi connectivity index (χ4n) is 2.40. The van der Waals surface area contributed by atoms with Gasteiger partial charge in [-0.15, -0.1) is 0 Å². The third-order valence-corrected chi connectivity index (χ3v) is 4.26. The lowest BCUT2D eigenvalue weighted by Gasteiger charge is -2.22. The molecule has 100 valence electrons. The fourth-order valence-corrected chi connectivity index (χ4v) is 2.58. The van der Waals surface area contributed by atoms with Gasteiger partial charge in [-0.2, -0.15) is 0 Å². The SMILES string of the molecule is Cc1c(Cl)cccc1NC(CCC(C)C)C1CC1. The Morgan fingerprint density at radius 1 is 1.28 bits per heavy atom. The molecular formula is C16H24ClN. The highest BCUT2D eigenvalue weighted by Crippen LogP contribution is 2.37. The van der Waals surface area contributed by atoms with Gasteiger partial charge in [-0.1, -0.05) is 31.5 Å². The van der Waals surface area contributed by atoms with Crippen LogP contribution in [0.25, 0.3) is 0 Å². The molecule has 0 amide bonds. The summed E-state index contributed by atoms with van der Waals surface area (Å²) in [5, 5.41) is 4.58. The highest BCUT2D eigenvalue weighted by Gasteiger charge is 2.31. The van der Waals surface area contributed by atoms with Crippen LogP contribution in [0.15, 0.2) is 18.2 Å². The molecule has 1 aliphatic carbocycles. The van der Waals surface area contributed by atoms with Gasteiger partial charge in [-0.3, -0.25) is 0 Å². The summed E-state index contributed by atoms with van der Waals surface area (Å²) in [7, 11) is 0. The van der Waals surface area contributed by atoms with Gasteiger partial charge in [-0.25, -0.2) is 0 Å². The number of hydrogen-bond donors (Lipinski definition) is 1. The molecule has 1 aliphatic rings. The van der Waals surface area contributed by atoms with E-state index in [-0.39, 0.29) is 0 Å². The van der Waals surface area contributed by atoms with Crippen molar-refractivity contribution in [1.29, 1.82) is 0 Å². The second-order valence-corrected chi connectivity index (χ2v) is 6.38. The van der Waals surface area contributed by atoms with Crippen LogP contribution in [0.5, 0.6) is 0 Å². The zero-order valence-electron chi connectivity index (χ0n) is 11.7. The van der Waals surface area contributed by atoms with E-state index in [2.05, 4.69) is 32.2 Å². The van der Waals surface area contributed by atoms with Crippen molar-refractivity contribution in [3.8, 4) is 0 Å². The first kappa shape index (κ1) is 13.7. The Kier molecular flexibility index (Phi) is 4.55. The molecule has 0 aromatic heterocycles. The van der Waals surface area contributed by atoms with Crippen molar-refractivity contribution in [3.05, 3.63) is 28.8 Å². The highest BCUT2D eigenvalue weighted by atomic mass is 35.5. The van der Waals surface area contributed by atoms with Gasteiger partial charge in [0.1, 0.15) is 0 Å². The van der Waals surface area contributed by atoms with Gasteiger partial charge < -0.3 is 5.32 Å². The number of nitrogens with one attached hydrogen (secondary N) is 1. The lowest BCUT2D eigenvalue weighted by molar-refractivity contribution is 0.486. The molecule has 18 heavy (non-hydrogen) atoms. The number of hydrogen-bond acceptors (Lipinski definition) is 1. The number of benzene rings is 1. The van der Waals surface area contributed by atoms with Crippen molar-refractivity contribution in [3.63, 3.8) is 0 Å². The third kappa shape index (κ3) is 3.65. The normalized spacial score (nSPS) is 16.9. The molecule has 1 fully saturated rings. The van der Waals surface area contributed by atoms with Gasteiger partial charge in [0.2, 0.25) is 0 Å². The van der Waals surface area contributed by atoms with E-state index >= 15 is 0 Å². The highest BCUT2D eigenvalue weighted by molar-refractivity contribution is 6.31. The van der Waals surface area contributed by atoms with Crippen LogP contribution >= 0.6 is 11.6 Å². The predicted octanol–water partition coefficient (Wildman–Crippen LogP) is 5.28. The van der Waals surface area contributed by atoms with Crippen molar-refractivity contribution < 1.29 is 0 Å². The van der Waals surface area contributed by atoms with E-state index in [9.17, 15) is 0 Å². The average molecular weight is 266 g/mol. The molecule has 0 aliphatic heterocycles. The van der Waals surface area contributed by atoms with Crippen LogP contribution in [0.1, 0.15) is 45.1 Å². The van der Waals surface area contributed by atoms with E-state index in [0.29, 0.717) is 6.04 Å². The summed E-state index contributed by atoms with van der Waals surface area (Å²) in [4.78, 5) is 0. The summed E-state index contributed by atoms with van der Waals surface area (Å²) >= 11 is 6.18.